The molecule has 2 fully saturated rings. The Kier molecular flexibility index (Phi) is 3.91. The highest BCUT2D eigenvalue weighted by molar-refractivity contribution is 7.13. The maximum Gasteiger partial charge on any atom is 0.239 e. The number of anilines is 1. The Morgan fingerprint density at radius 1 is 1.45 bits per heavy atom. The second kappa shape index (κ2) is 5.67. The molecule has 1 amide bonds. The summed E-state index contributed by atoms with van der Waals surface area (Å²) >= 11 is 1.66. The number of nitrogens with zero attached hydrogens (tertiary/aromatic N) is 3. The molecular weight excluding hydrogens is 276 g/mol. The van der Waals surface area contributed by atoms with Crippen LogP contribution in [0.25, 0.3) is 0 Å². The number of hydrogen-bond acceptors (Lipinski definition) is 6. The van der Waals surface area contributed by atoms with E-state index < -0.39 is 0 Å². The first-order valence-corrected chi connectivity index (χ1v) is 7.89. The van der Waals surface area contributed by atoms with Crippen LogP contribution in [0.5, 0.6) is 0 Å². The van der Waals surface area contributed by atoms with Gasteiger partial charge in [0.05, 0.1) is 17.8 Å². The minimum atomic E-state index is -0.386. The zero-order valence-electron chi connectivity index (χ0n) is 11.6. The number of β-amino-alcohol motifs (C(OH)–C–C–N with tert-alkyl or cyclic N) is 1. The molecule has 0 saturated carbocycles. The van der Waals surface area contributed by atoms with E-state index >= 15 is 0 Å². The molecule has 0 spiro atoms. The van der Waals surface area contributed by atoms with E-state index in [9.17, 15) is 9.90 Å². The Balaban J connectivity index is 1.54. The number of rotatable bonds is 2. The normalized spacial score (nSPS) is 27.1. The largest absolute Gasteiger partial charge is 0.392 e. The van der Waals surface area contributed by atoms with E-state index in [1.165, 1.54) is 0 Å². The van der Waals surface area contributed by atoms with Crippen molar-refractivity contribution in [3.8, 4) is 0 Å². The van der Waals surface area contributed by atoms with Gasteiger partial charge in [0.2, 0.25) is 5.91 Å². The number of aromatic nitrogens is 1. The molecule has 2 aliphatic rings. The summed E-state index contributed by atoms with van der Waals surface area (Å²) in [5, 5.41) is 15.7. The maximum atomic E-state index is 12.3. The van der Waals surface area contributed by atoms with E-state index in [1.54, 1.807) is 11.3 Å². The highest BCUT2D eigenvalue weighted by Gasteiger charge is 2.32. The Hall–Kier alpha value is -1.18. The maximum absolute atomic E-state index is 12.3. The van der Waals surface area contributed by atoms with Gasteiger partial charge in [-0.2, -0.15) is 0 Å². The molecule has 1 aromatic heterocycles. The van der Waals surface area contributed by atoms with Crippen molar-refractivity contribution in [3.05, 3.63) is 11.1 Å². The van der Waals surface area contributed by atoms with Crippen LogP contribution >= 0.6 is 11.3 Å². The van der Waals surface area contributed by atoms with Crippen molar-refractivity contribution >= 4 is 22.4 Å². The number of piperazine rings is 1. The van der Waals surface area contributed by atoms with Crippen LogP contribution in [0.15, 0.2) is 5.38 Å². The van der Waals surface area contributed by atoms with E-state index in [0.717, 1.165) is 37.0 Å². The van der Waals surface area contributed by atoms with Crippen molar-refractivity contribution in [3.63, 3.8) is 0 Å². The van der Waals surface area contributed by atoms with Crippen molar-refractivity contribution in [2.75, 3.05) is 37.6 Å². The van der Waals surface area contributed by atoms with Crippen molar-refractivity contribution in [1.29, 1.82) is 0 Å². The van der Waals surface area contributed by atoms with Crippen molar-refractivity contribution < 1.29 is 9.90 Å². The zero-order valence-corrected chi connectivity index (χ0v) is 12.4. The van der Waals surface area contributed by atoms with Gasteiger partial charge in [-0.05, 0) is 13.3 Å². The third-order valence-electron chi connectivity index (χ3n) is 3.87. The van der Waals surface area contributed by atoms with Gasteiger partial charge in [-0.15, -0.1) is 11.3 Å². The Morgan fingerprint density at radius 3 is 2.75 bits per heavy atom. The number of nitrogens with one attached hydrogen (secondary N) is 1. The molecule has 1 aromatic rings. The molecule has 2 aliphatic heterocycles. The molecule has 110 valence electrons. The molecule has 6 nitrogen and oxygen atoms in total. The first-order chi connectivity index (χ1) is 9.63. The van der Waals surface area contributed by atoms with Crippen LogP contribution in [0.3, 0.4) is 0 Å². The van der Waals surface area contributed by atoms with Gasteiger partial charge in [-0.25, -0.2) is 4.98 Å². The number of hydrogen-bond donors (Lipinski definition) is 2. The molecule has 2 unspecified atom stereocenters. The number of aliphatic hydroxyl groups is 1. The van der Waals surface area contributed by atoms with E-state index in [2.05, 4.69) is 20.6 Å². The quantitative estimate of drug-likeness (QED) is 0.792. The number of amides is 1. The standard InChI is InChI=1S/C13H20N4O2S/c1-9-8-20-13(15-9)17-4-2-16(3-5-17)12(19)11-6-10(18)7-14-11/h8,10-11,14,18H,2-7H2,1H3. The minimum absolute atomic E-state index is 0.122. The van der Waals surface area contributed by atoms with Gasteiger partial charge in [-0.3, -0.25) is 4.79 Å². The molecule has 0 aliphatic carbocycles. The smallest absolute Gasteiger partial charge is 0.239 e. The van der Waals surface area contributed by atoms with Crippen molar-refractivity contribution in [2.24, 2.45) is 0 Å². The van der Waals surface area contributed by atoms with Crippen LogP contribution in [-0.4, -0.2) is 65.8 Å². The summed E-state index contributed by atoms with van der Waals surface area (Å²) in [6, 6.07) is -0.210. The second-order valence-corrected chi connectivity index (χ2v) is 6.27. The van der Waals surface area contributed by atoms with Crippen LogP contribution in [0.4, 0.5) is 5.13 Å². The summed E-state index contributed by atoms with van der Waals surface area (Å²) in [6.45, 7) is 5.63. The number of aliphatic hydroxyl groups excluding tert-OH is 1. The topological polar surface area (TPSA) is 68.7 Å². The molecule has 0 aromatic carbocycles. The monoisotopic (exact) mass is 296 g/mol. The lowest BCUT2D eigenvalue weighted by atomic mass is 10.1. The average molecular weight is 296 g/mol. The summed E-state index contributed by atoms with van der Waals surface area (Å²) in [6.07, 6.45) is 0.147. The molecular formula is C13H20N4O2S. The number of aryl methyl sites for hydroxylation is 1. The van der Waals surface area contributed by atoms with Crippen molar-refractivity contribution in [1.82, 2.24) is 15.2 Å². The molecule has 3 heterocycles. The molecule has 7 heteroatoms. The Bertz CT molecular complexity index is 484. The van der Waals surface area contributed by atoms with Crippen LogP contribution in [-0.2, 0) is 4.79 Å². The molecule has 3 rings (SSSR count). The Labute approximate surface area is 122 Å². The summed E-state index contributed by atoms with van der Waals surface area (Å²) in [4.78, 5) is 20.9. The first kappa shape index (κ1) is 13.8. The SMILES string of the molecule is Cc1csc(N2CCN(C(=O)C3CC(O)CN3)CC2)n1. The van der Waals surface area contributed by atoms with E-state index in [4.69, 9.17) is 0 Å². The number of carbonyl (C=O) groups is 1. The van der Waals surface area contributed by atoms with Gasteiger partial charge in [0.25, 0.3) is 0 Å². The summed E-state index contributed by atoms with van der Waals surface area (Å²) in [7, 11) is 0. The molecule has 0 radical (unpaired) electrons. The van der Waals surface area contributed by atoms with Gasteiger partial charge < -0.3 is 20.2 Å². The average Bonchev–Trinajstić information content (AvgIpc) is 3.07. The third kappa shape index (κ3) is 2.79. The lowest BCUT2D eigenvalue weighted by molar-refractivity contribution is -0.133. The van der Waals surface area contributed by atoms with Crippen LogP contribution in [0.2, 0.25) is 0 Å². The van der Waals surface area contributed by atoms with Gasteiger partial charge in [0.1, 0.15) is 0 Å². The highest BCUT2D eigenvalue weighted by Crippen LogP contribution is 2.22. The predicted molar refractivity (Wildman–Crippen MR) is 78.1 cm³/mol. The van der Waals surface area contributed by atoms with E-state index in [-0.39, 0.29) is 18.1 Å². The Morgan fingerprint density at radius 2 is 2.20 bits per heavy atom. The van der Waals surface area contributed by atoms with Gasteiger partial charge in [0.15, 0.2) is 5.13 Å². The molecule has 2 N–H and O–H groups in total. The molecule has 20 heavy (non-hydrogen) atoms. The van der Waals surface area contributed by atoms with Crippen LogP contribution < -0.4 is 10.2 Å². The highest BCUT2D eigenvalue weighted by atomic mass is 32.1. The summed E-state index contributed by atoms with van der Waals surface area (Å²) in [5.74, 6) is 0.122. The van der Waals surface area contributed by atoms with Gasteiger partial charge >= 0.3 is 0 Å². The molecule has 2 saturated heterocycles. The van der Waals surface area contributed by atoms with E-state index in [1.807, 2.05) is 11.8 Å². The molecule has 0 bridgehead atoms. The molecule has 2 atom stereocenters. The number of thiazole rings is 1. The summed E-state index contributed by atoms with van der Waals surface area (Å²) in [5.41, 5.74) is 1.05. The van der Waals surface area contributed by atoms with E-state index in [0.29, 0.717) is 13.0 Å². The fraction of sp³-hybridized carbons (Fsp3) is 0.692. The predicted octanol–water partition coefficient (Wildman–Crippen LogP) is -0.177. The lowest BCUT2D eigenvalue weighted by Crippen LogP contribution is -2.53. The second-order valence-electron chi connectivity index (χ2n) is 5.43. The van der Waals surface area contributed by atoms with Crippen LogP contribution in [0.1, 0.15) is 12.1 Å². The lowest BCUT2D eigenvalue weighted by Gasteiger charge is -2.35. The first-order valence-electron chi connectivity index (χ1n) is 7.01. The zero-order chi connectivity index (χ0) is 14.1. The third-order valence-corrected chi connectivity index (χ3v) is 4.89. The fourth-order valence-corrected chi connectivity index (χ4v) is 3.59. The van der Waals surface area contributed by atoms with Crippen LogP contribution in [0, 0.1) is 6.92 Å². The van der Waals surface area contributed by atoms with Gasteiger partial charge in [0, 0.05) is 38.1 Å². The minimum Gasteiger partial charge on any atom is -0.392 e. The van der Waals surface area contributed by atoms with Gasteiger partial charge in [-0.1, -0.05) is 0 Å². The summed E-state index contributed by atoms with van der Waals surface area (Å²) < 4.78 is 0. The number of carbonyl (C=O) groups excluding carboxylic acids is 1. The van der Waals surface area contributed by atoms with Crippen molar-refractivity contribution in [2.45, 2.75) is 25.5 Å². The fourth-order valence-electron chi connectivity index (χ4n) is 2.73.